The van der Waals surface area contributed by atoms with Crippen molar-refractivity contribution in [2.45, 2.75) is 32.2 Å². The summed E-state index contributed by atoms with van der Waals surface area (Å²) in [6.07, 6.45) is 2.38. The lowest BCUT2D eigenvalue weighted by molar-refractivity contribution is -0.120. The highest BCUT2D eigenvalue weighted by atomic mass is 35.5. The third-order valence-electron chi connectivity index (χ3n) is 4.55. The summed E-state index contributed by atoms with van der Waals surface area (Å²) in [5.41, 5.74) is 3.80. The second-order valence-corrected chi connectivity index (χ2v) is 6.79. The Hall–Kier alpha value is -2.00. The average molecular weight is 343 g/mol. The van der Waals surface area contributed by atoms with Crippen LogP contribution >= 0.6 is 11.6 Å². The zero-order chi connectivity index (χ0) is 16.9. The number of para-hydroxylation sites is 1. The number of nitrogens with one attached hydrogen (secondary N) is 1. The number of carbonyl (C=O) groups excluding carboxylic acids is 1. The highest BCUT2D eigenvalue weighted by Gasteiger charge is 2.25. The Morgan fingerprint density at radius 1 is 1.25 bits per heavy atom. The average Bonchev–Trinajstić information content (AvgIpc) is 2.88. The van der Waals surface area contributed by atoms with E-state index in [-0.39, 0.29) is 5.91 Å². The molecule has 1 unspecified atom stereocenters. The molecule has 1 N–H and O–H groups in total. The highest BCUT2D eigenvalue weighted by molar-refractivity contribution is 6.30. The van der Waals surface area contributed by atoms with Gasteiger partial charge in [0.25, 0.3) is 0 Å². The second-order valence-electron chi connectivity index (χ2n) is 6.36. The zero-order valence-corrected chi connectivity index (χ0v) is 14.7. The molecule has 0 fully saturated rings. The molecule has 1 aliphatic heterocycles. The number of rotatable bonds is 6. The third-order valence-corrected chi connectivity index (χ3v) is 4.79. The molecular weight excluding hydrogens is 320 g/mol. The van der Waals surface area contributed by atoms with Gasteiger partial charge in [-0.05, 0) is 49.1 Å². The van der Waals surface area contributed by atoms with Gasteiger partial charge in [0.05, 0.1) is 0 Å². The van der Waals surface area contributed by atoms with Crippen LogP contribution in [0.2, 0.25) is 5.02 Å². The number of fused-ring (bicyclic) bond motifs is 1. The Labute approximate surface area is 148 Å². The highest BCUT2D eigenvalue weighted by Crippen LogP contribution is 2.31. The minimum atomic E-state index is 0.105. The Balaban J connectivity index is 1.44. The molecule has 3 nitrogen and oxygen atoms in total. The number of benzene rings is 2. The van der Waals surface area contributed by atoms with Crippen LogP contribution in [0.1, 0.15) is 24.5 Å². The summed E-state index contributed by atoms with van der Waals surface area (Å²) < 4.78 is 0. The first-order valence-corrected chi connectivity index (χ1v) is 8.87. The van der Waals surface area contributed by atoms with Crippen molar-refractivity contribution in [2.24, 2.45) is 0 Å². The van der Waals surface area contributed by atoms with Crippen molar-refractivity contribution in [3.8, 4) is 0 Å². The van der Waals surface area contributed by atoms with Gasteiger partial charge in [-0.15, -0.1) is 0 Å². The Morgan fingerprint density at radius 2 is 2.08 bits per heavy atom. The van der Waals surface area contributed by atoms with E-state index in [1.54, 1.807) is 0 Å². The maximum atomic E-state index is 12.1. The monoisotopic (exact) mass is 342 g/mol. The molecule has 1 amide bonds. The van der Waals surface area contributed by atoms with Gasteiger partial charge < -0.3 is 10.2 Å². The summed E-state index contributed by atoms with van der Waals surface area (Å²) in [6.45, 7) is 3.63. The van der Waals surface area contributed by atoms with Gasteiger partial charge in [0.2, 0.25) is 5.91 Å². The SMILES string of the molecule is CC1Cc2ccccc2N1CCC(=O)NCCc1cccc(Cl)c1. The largest absolute Gasteiger partial charge is 0.368 e. The number of hydrogen-bond acceptors (Lipinski definition) is 2. The number of anilines is 1. The van der Waals surface area contributed by atoms with E-state index in [1.165, 1.54) is 11.3 Å². The fourth-order valence-corrected chi connectivity index (χ4v) is 3.53. The van der Waals surface area contributed by atoms with Crippen molar-refractivity contribution in [3.63, 3.8) is 0 Å². The number of halogens is 1. The van der Waals surface area contributed by atoms with Crippen LogP contribution < -0.4 is 10.2 Å². The fraction of sp³-hybridized carbons (Fsp3) is 0.350. The molecule has 0 bridgehead atoms. The minimum absolute atomic E-state index is 0.105. The predicted molar refractivity (Wildman–Crippen MR) is 99.7 cm³/mol. The van der Waals surface area contributed by atoms with Crippen LogP contribution in [0.3, 0.4) is 0 Å². The maximum absolute atomic E-state index is 12.1. The van der Waals surface area contributed by atoms with Crippen molar-refractivity contribution >= 4 is 23.2 Å². The van der Waals surface area contributed by atoms with Gasteiger partial charge in [0, 0.05) is 36.3 Å². The molecule has 0 saturated carbocycles. The van der Waals surface area contributed by atoms with Gasteiger partial charge in [-0.1, -0.05) is 41.9 Å². The third kappa shape index (κ3) is 4.09. The lowest BCUT2D eigenvalue weighted by Crippen LogP contribution is -2.34. The molecule has 4 heteroatoms. The molecule has 0 saturated heterocycles. The smallest absolute Gasteiger partial charge is 0.221 e. The minimum Gasteiger partial charge on any atom is -0.368 e. The fourth-order valence-electron chi connectivity index (χ4n) is 3.32. The summed E-state index contributed by atoms with van der Waals surface area (Å²) in [6, 6.07) is 16.7. The molecule has 0 spiro atoms. The molecule has 2 aromatic carbocycles. The molecule has 3 rings (SSSR count). The van der Waals surface area contributed by atoms with Crippen LogP contribution in [-0.2, 0) is 17.6 Å². The standard InChI is InChI=1S/C20H23ClN2O/c1-15-13-17-6-2-3-8-19(17)23(15)12-10-20(24)22-11-9-16-5-4-7-18(21)14-16/h2-8,14-15H,9-13H2,1H3,(H,22,24). The van der Waals surface area contributed by atoms with Gasteiger partial charge in [0.15, 0.2) is 0 Å². The maximum Gasteiger partial charge on any atom is 0.221 e. The lowest BCUT2D eigenvalue weighted by Gasteiger charge is -2.24. The Morgan fingerprint density at radius 3 is 2.92 bits per heavy atom. The van der Waals surface area contributed by atoms with Gasteiger partial charge in [0.1, 0.15) is 0 Å². The van der Waals surface area contributed by atoms with E-state index >= 15 is 0 Å². The van der Waals surface area contributed by atoms with Crippen molar-refractivity contribution in [3.05, 3.63) is 64.7 Å². The Bertz CT molecular complexity index is 716. The molecule has 0 radical (unpaired) electrons. The van der Waals surface area contributed by atoms with Crippen LogP contribution in [0.15, 0.2) is 48.5 Å². The first-order valence-electron chi connectivity index (χ1n) is 8.49. The van der Waals surface area contributed by atoms with Crippen molar-refractivity contribution in [1.82, 2.24) is 5.32 Å². The van der Waals surface area contributed by atoms with Crippen LogP contribution in [0, 0.1) is 0 Å². The van der Waals surface area contributed by atoms with Crippen LogP contribution in [0.5, 0.6) is 0 Å². The molecule has 2 aromatic rings. The summed E-state index contributed by atoms with van der Waals surface area (Å²) in [5, 5.41) is 3.74. The summed E-state index contributed by atoms with van der Waals surface area (Å²) in [4.78, 5) is 14.5. The summed E-state index contributed by atoms with van der Waals surface area (Å²) >= 11 is 5.97. The number of nitrogens with zero attached hydrogens (tertiary/aromatic N) is 1. The van der Waals surface area contributed by atoms with Crippen molar-refractivity contribution < 1.29 is 4.79 Å². The summed E-state index contributed by atoms with van der Waals surface area (Å²) in [5.74, 6) is 0.105. The quantitative estimate of drug-likeness (QED) is 0.865. The topological polar surface area (TPSA) is 32.3 Å². The van der Waals surface area contributed by atoms with Gasteiger partial charge >= 0.3 is 0 Å². The van der Waals surface area contributed by atoms with Crippen molar-refractivity contribution in [2.75, 3.05) is 18.0 Å². The van der Waals surface area contributed by atoms with Crippen molar-refractivity contribution in [1.29, 1.82) is 0 Å². The molecule has 1 heterocycles. The molecule has 24 heavy (non-hydrogen) atoms. The first-order chi connectivity index (χ1) is 11.6. The van der Waals surface area contributed by atoms with E-state index in [2.05, 4.69) is 41.4 Å². The van der Waals surface area contributed by atoms with Crippen LogP contribution in [0.25, 0.3) is 0 Å². The van der Waals surface area contributed by atoms with E-state index < -0.39 is 0 Å². The Kier molecular flexibility index (Phi) is 5.41. The molecule has 0 aliphatic carbocycles. The van der Waals surface area contributed by atoms with E-state index in [9.17, 15) is 4.79 Å². The van der Waals surface area contributed by atoms with Gasteiger partial charge in [-0.3, -0.25) is 4.79 Å². The van der Waals surface area contributed by atoms with E-state index in [4.69, 9.17) is 11.6 Å². The van der Waals surface area contributed by atoms with Gasteiger partial charge in [-0.25, -0.2) is 0 Å². The second kappa shape index (κ2) is 7.71. The predicted octanol–water partition coefficient (Wildman–Crippen LogP) is 3.84. The number of hydrogen-bond donors (Lipinski definition) is 1. The molecule has 0 aromatic heterocycles. The van der Waals surface area contributed by atoms with E-state index in [0.29, 0.717) is 19.0 Å². The summed E-state index contributed by atoms with van der Waals surface area (Å²) in [7, 11) is 0. The van der Waals surface area contributed by atoms with Crippen LogP contribution in [-0.4, -0.2) is 25.0 Å². The first kappa shape index (κ1) is 16.8. The van der Waals surface area contributed by atoms with Crippen LogP contribution in [0.4, 0.5) is 5.69 Å². The number of carbonyl (C=O) groups is 1. The van der Waals surface area contributed by atoms with Gasteiger partial charge in [-0.2, -0.15) is 0 Å². The molecule has 126 valence electrons. The normalized spacial score (nSPS) is 16.1. The number of amides is 1. The lowest BCUT2D eigenvalue weighted by atomic mass is 10.1. The molecule has 1 aliphatic rings. The molecule has 1 atom stereocenters. The zero-order valence-electron chi connectivity index (χ0n) is 14.0. The molecular formula is C20H23ClN2O. The van der Waals surface area contributed by atoms with E-state index in [0.717, 1.165) is 30.0 Å². The van der Waals surface area contributed by atoms with E-state index in [1.807, 2.05) is 24.3 Å².